The van der Waals surface area contributed by atoms with Gasteiger partial charge in [0.25, 0.3) is 5.56 Å². The molecule has 5 heteroatoms. The monoisotopic (exact) mass is 274 g/mol. The molecule has 1 aromatic heterocycles. The van der Waals surface area contributed by atoms with Crippen LogP contribution in [-0.2, 0) is 6.54 Å². The van der Waals surface area contributed by atoms with Crippen LogP contribution in [0.15, 0.2) is 47.4 Å². The molecule has 0 fully saturated rings. The molecule has 19 heavy (non-hydrogen) atoms. The third kappa shape index (κ3) is 3.36. The Labute approximate surface area is 115 Å². The van der Waals surface area contributed by atoms with Crippen LogP contribution >= 0.6 is 11.6 Å². The average molecular weight is 275 g/mol. The van der Waals surface area contributed by atoms with E-state index < -0.39 is 0 Å². The summed E-state index contributed by atoms with van der Waals surface area (Å²) in [7, 11) is 0. The maximum Gasteiger partial charge on any atom is 0.250 e. The number of nitrogens with zero attached hydrogens (tertiary/aromatic N) is 2. The minimum absolute atomic E-state index is 0.0658. The van der Waals surface area contributed by atoms with Gasteiger partial charge in [-0.25, -0.2) is 0 Å². The zero-order chi connectivity index (χ0) is 13.7. The van der Waals surface area contributed by atoms with E-state index in [2.05, 4.69) is 0 Å². The summed E-state index contributed by atoms with van der Waals surface area (Å²) in [5.74, 6) is 0.577. The van der Waals surface area contributed by atoms with Gasteiger partial charge in [0, 0.05) is 18.3 Å². The largest absolute Gasteiger partial charge is 0.492 e. The van der Waals surface area contributed by atoms with Gasteiger partial charge in [0.2, 0.25) is 0 Å². The smallest absolute Gasteiger partial charge is 0.250 e. The van der Waals surface area contributed by atoms with E-state index in [1.807, 2.05) is 6.07 Å². The van der Waals surface area contributed by atoms with Crippen molar-refractivity contribution in [1.82, 2.24) is 4.57 Å². The fraction of sp³-hybridized carbons (Fsp3) is 0.143. The molecule has 0 atom stereocenters. The summed E-state index contributed by atoms with van der Waals surface area (Å²) >= 11 is 5.89. The molecule has 96 valence electrons. The molecule has 0 saturated heterocycles. The first-order valence-corrected chi connectivity index (χ1v) is 6.06. The minimum Gasteiger partial charge on any atom is -0.492 e. The van der Waals surface area contributed by atoms with E-state index in [-0.39, 0.29) is 5.56 Å². The third-order valence-electron chi connectivity index (χ3n) is 2.56. The average Bonchev–Trinajstić information content (AvgIpc) is 2.41. The van der Waals surface area contributed by atoms with Crippen LogP contribution < -0.4 is 10.3 Å². The van der Waals surface area contributed by atoms with Gasteiger partial charge in [-0.1, -0.05) is 17.7 Å². The van der Waals surface area contributed by atoms with Gasteiger partial charge in [0.1, 0.15) is 18.4 Å². The van der Waals surface area contributed by atoms with Crippen molar-refractivity contribution in [2.45, 2.75) is 6.54 Å². The summed E-state index contributed by atoms with van der Waals surface area (Å²) < 4.78 is 7.05. The number of rotatable bonds is 4. The van der Waals surface area contributed by atoms with E-state index in [4.69, 9.17) is 21.6 Å². The summed E-state index contributed by atoms with van der Waals surface area (Å²) in [6.07, 6.45) is 1.71. The number of aromatic nitrogens is 1. The second-order valence-electron chi connectivity index (χ2n) is 3.83. The molecule has 0 amide bonds. The summed E-state index contributed by atoms with van der Waals surface area (Å²) in [6, 6.07) is 11.8. The standard InChI is InChI=1S/C14H11ClN2O2/c15-13-9-12(5-4-11(13)10-16)19-8-7-17-6-2-1-3-14(17)18/h1-6,9H,7-8H2. The number of pyridine rings is 1. The lowest BCUT2D eigenvalue weighted by atomic mass is 10.2. The van der Waals surface area contributed by atoms with E-state index in [1.165, 1.54) is 6.07 Å². The molecule has 0 aliphatic rings. The van der Waals surface area contributed by atoms with Crippen molar-refractivity contribution in [1.29, 1.82) is 5.26 Å². The van der Waals surface area contributed by atoms with E-state index in [1.54, 1.807) is 41.1 Å². The molecule has 0 aliphatic carbocycles. The van der Waals surface area contributed by atoms with Crippen LogP contribution in [0.2, 0.25) is 5.02 Å². The van der Waals surface area contributed by atoms with Crippen molar-refractivity contribution in [2.75, 3.05) is 6.61 Å². The van der Waals surface area contributed by atoms with Crippen LogP contribution in [-0.4, -0.2) is 11.2 Å². The first-order chi connectivity index (χ1) is 9.20. The maximum atomic E-state index is 11.4. The fourth-order valence-electron chi connectivity index (χ4n) is 1.58. The highest BCUT2D eigenvalue weighted by atomic mass is 35.5. The Hall–Kier alpha value is -2.25. The highest BCUT2D eigenvalue weighted by Crippen LogP contribution is 2.21. The van der Waals surface area contributed by atoms with Crippen LogP contribution in [0, 0.1) is 11.3 Å². The van der Waals surface area contributed by atoms with Crippen LogP contribution in [0.1, 0.15) is 5.56 Å². The summed E-state index contributed by atoms with van der Waals surface area (Å²) in [5, 5.41) is 9.11. The van der Waals surface area contributed by atoms with E-state index in [0.717, 1.165) is 0 Å². The molecule has 0 aliphatic heterocycles. The van der Waals surface area contributed by atoms with Gasteiger partial charge in [-0.3, -0.25) is 4.79 Å². The molecule has 0 bridgehead atoms. The van der Waals surface area contributed by atoms with E-state index >= 15 is 0 Å². The topological polar surface area (TPSA) is 55.0 Å². The lowest BCUT2D eigenvalue weighted by Crippen LogP contribution is -2.21. The van der Waals surface area contributed by atoms with Crippen LogP contribution in [0.3, 0.4) is 0 Å². The summed E-state index contributed by atoms with van der Waals surface area (Å²) in [5.41, 5.74) is 0.345. The van der Waals surface area contributed by atoms with Crippen LogP contribution in [0.25, 0.3) is 0 Å². The molecule has 4 nitrogen and oxygen atoms in total. The number of halogens is 1. The maximum absolute atomic E-state index is 11.4. The molecule has 0 saturated carbocycles. The predicted molar refractivity (Wildman–Crippen MR) is 72.4 cm³/mol. The Morgan fingerprint density at radius 1 is 1.32 bits per heavy atom. The zero-order valence-electron chi connectivity index (χ0n) is 10.0. The molecule has 0 spiro atoms. The molecule has 1 aromatic carbocycles. The third-order valence-corrected chi connectivity index (χ3v) is 2.87. The van der Waals surface area contributed by atoms with Crippen LogP contribution in [0.5, 0.6) is 5.75 Å². The Balaban J connectivity index is 1.97. The lowest BCUT2D eigenvalue weighted by Gasteiger charge is -2.08. The molecule has 2 aromatic rings. The van der Waals surface area contributed by atoms with Gasteiger partial charge < -0.3 is 9.30 Å². The number of hydrogen-bond donors (Lipinski definition) is 0. The summed E-state index contributed by atoms with van der Waals surface area (Å²) in [4.78, 5) is 11.4. The second-order valence-corrected chi connectivity index (χ2v) is 4.24. The SMILES string of the molecule is N#Cc1ccc(OCCn2ccccc2=O)cc1Cl. The quantitative estimate of drug-likeness (QED) is 0.860. The molecule has 2 rings (SSSR count). The fourth-order valence-corrected chi connectivity index (χ4v) is 1.80. The Morgan fingerprint density at radius 2 is 2.16 bits per heavy atom. The first-order valence-electron chi connectivity index (χ1n) is 5.68. The molecule has 0 N–H and O–H groups in total. The van der Waals surface area contributed by atoms with Gasteiger partial charge in [-0.05, 0) is 18.2 Å². The van der Waals surface area contributed by atoms with Crippen LogP contribution in [0.4, 0.5) is 0 Å². The normalized spacial score (nSPS) is 9.89. The van der Waals surface area contributed by atoms with Gasteiger partial charge >= 0.3 is 0 Å². The summed E-state index contributed by atoms with van der Waals surface area (Å²) in [6.45, 7) is 0.809. The van der Waals surface area contributed by atoms with Crippen molar-refractivity contribution in [3.63, 3.8) is 0 Å². The van der Waals surface area contributed by atoms with Gasteiger partial charge in [0.15, 0.2) is 0 Å². The molecular formula is C14H11ClN2O2. The Bertz CT molecular complexity index is 674. The highest BCUT2D eigenvalue weighted by Gasteiger charge is 2.02. The number of nitriles is 1. The van der Waals surface area contributed by atoms with E-state index in [0.29, 0.717) is 29.5 Å². The van der Waals surface area contributed by atoms with Gasteiger partial charge in [-0.15, -0.1) is 0 Å². The second kappa shape index (κ2) is 6.07. The number of hydrogen-bond acceptors (Lipinski definition) is 3. The first kappa shape index (κ1) is 13.2. The Morgan fingerprint density at radius 3 is 2.84 bits per heavy atom. The number of benzene rings is 1. The van der Waals surface area contributed by atoms with Gasteiger partial charge in [0.05, 0.1) is 17.1 Å². The molecule has 0 unspecified atom stereocenters. The molecular weight excluding hydrogens is 264 g/mol. The molecule has 0 radical (unpaired) electrons. The molecule has 1 heterocycles. The van der Waals surface area contributed by atoms with Crippen molar-refractivity contribution in [3.8, 4) is 11.8 Å². The number of ether oxygens (including phenoxy) is 1. The highest BCUT2D eigenvalue weighted by molar-refractivity contribution is 6.31. The van der Waals surface area contributed by atoms with Crippen molar-refractivity contribution in [2.24, 2.45) is 0 Å². The predicted octanol–water partition coefficient (Wildman–Crippen LogP) is 2.45. The van der Waals surface area contributed by atoms with Crippen molar-refractivity contribution < 1.29 is 4.74 Å². The van der Waals surface area contributed by atoms with Gasteiger partial charge in [-0.2, -0.15) is 5.26 Å². The Kier molecular flexibility index (Phi) is 4.22. The lowest BCUT2D eigenvalue weighted by molar-refractivity contribution is 0.296. The van der Waals surface area contributed by atoms with Crippen molar-refractivity contribution >= 4 is 11.6 Å². The zero-order valence-corrected chi connectivity index (χ0v) is 10.8. The van der Waals surface area contributed by atoms with E-state index in [9.17, 15) is 4.79 Å². The minimum atomic E-state index is -0.0658. The van der Waals surface area contributed by atoms with Crippen molar-refractivity contribution in [3.05, 3.63) is 63.5 Å².